The van der Waals surface area contributed by atoms with E-state index in [1.165, 1.54) is 6.42 Å². The van der Waals surface area contributed by atoms with Crippen LogP contribution in [0.2, 0.25) is 10.0 Å². The summed E-state index contributed by atoms with van der Waals surface area (Å²) in [6.45, 7) is 5.88. The zero-order valence-corrected chi connectivity index (χ0v) is 13.6. The lowest BCUT2D eigenvalue weighted by Crippen LogP contribution is -2.43. The maximum atomic E-state index is 6.34. The molecule has 0 saturated carbocycles. The number of hydrogen-bond donors (Lipinski definition) is 1. The maximum Gasteiger partial charge on any atom is 0.0624 e. The first-order valence-electron chi connectivity index (χ1n) is 7.38. The Hall–Kier alpha value is -0.280. The van der Waals surface area contributed by atoms with Gasteiger partial charge in [-0.1, -0.05) is 42.3 Å². The second kappa shape index (κ2) is 7.65. The maximum absolute atomic E-state index is 6.34. The quantitative estimate of drug-likeness (QED) is 0.789. The normalized spacial score (nSPS) is 22.9. The smallest absolute Gasteiger partial charge is 0.0624 e. The highest BCUT2D eigenvalue weighted by Gasteiger charge is 2.33. The van der Waals surface area contributed by atoms with Crippen molar-refractivity contribution in [1.29, 1.82) is 0 Å². The molecule has 1 aromatic rings. The molecule has 1 aromatic carbocycles. The number of hydrogen-bond acceptors (Lipinski definition) is 2. The van der Waals surface area contributed by atoms with Crippen LogP contribution in [0.1, 0.15) is 31.7 Å². The van der Waals surface area contributed by atoms with Crippen molar-refractivity contribution in [1.82, 2.24) is 5.32 Å². The molecule has 0 radical (unpaired) electrons. The number of benzene rings is 1. The summed E-state index contributed by atoms with van der Waals surface area (Å²) in [5, 5.41) is 4.87. The van der Waals surface area contributed by atoms with Crippen molar-refractivity contribution < 1.29 is 4.74 Å². The molecule has 1 aliphatic rings. The fourth-order valence-corrected chi connectivity index (χ4v) is 3.26. The van der Waals surface area contributed by atoms with Crippen LogP contribution in [-0.2, 0) is 11.2 Å². The van der Waals surface area contributed by atoms with Gasteiger partial charge in [-0.3, -0.25) is 0 Å². The Balaban J connectivity index is 2.12. The van der Waals surface area contributed by atoms with E-state index in [0.29, 0.717) is 10.0 Å². The van der Waals surface area contributed by atoms with Gasteiger partial charge in [-0.05, 0) is 43.9 Å². The lowest BCUT2D eigenvalue weighted by atomic mass is 9.77. The highest BCUT2D eigenvalue weighted by Crippen LogP contribution is 2.36. The minimum atomic E-state index is 0.141. The Morgan fingerprint density at radius 3 is 2.90 bits per heavy atom. The molecule has 1 N–H and O–H groups in total. The summed E-state index contributed by atoms with van der Waals surface area (Å²) in [7, 11) is 0. The van der Waals surface area contributed by atoms with Crippen LogP contribution in [0.25, 0.3) is 0 Å². The van der Waals surface area contributed by atoms with E-state index in [1.54, 1.807) is 0 Å². The second-order valence-electron chi connectivity index (χ2n) is 5.72. The SMILES string of the molecule is CCCNCC1(Cc2cccc(Cl)c2Cl)CCCOC1. The van der Waals surface area contributed by atoms with E-state index in [1.807, 2.05) is 12.1 Å². The summed E-state index contributed by atoms with van der Waals surface area (Å²) in [5.74, 6) is 0. The van der Waals surface area contributed by atoms with Crippen LogP contribution in [0.3, 0.4) is 0 Å². The topological polar surface area (TPSA) is 21.3 Å². The molecule has 0 amide bonds. The summed E-state index contributed by atoms with van der Waals surface area (Å²) in [4.78, 5) is 0. The van der Waals surface area contributed by atoms with Crippen molar-refractivity contribution in [3.63, 3.8) is 0 Å². The molecular formula is C16H23Cl2NO. The molecular weight excluding hydrogens is 293 g/mol. The fraction of sp³-hybridized carbons (Fsp3) is 0.625. The van der Waals surface area contributed by atoms with Crippen molar-refractivity contribution in [3.05, 3.63) is 33.8 Å². The van der Waals surface area contributed by atoms with Gasteiger partial charge in [0.05, 0.1) is 16.7 Å². The van der Waals surface area contributed by atoms with Crippen LogP contribution in [0.5, 0.6) is 0 Å². The van der Waals surface area contributed by atoms with Crippen molar-refractivity contribution >= 4 is 23.2 Å². The van der Waals surface area contributed by atoms with E-state index in [-0.39, 0.29) is 5.41 Å². The van der Waals surface area contributed by atoms with Gasteiger partial charge in [0.25, 0.3) is 0 Å². The first kappa shape index (κ1) is 16.1. The van der Waals surface area contributed by atoms with Crippen LogP contribution in [0.15, 0.2) is 18.2 Å². The number of halogens is 2. The van der Waals surface area contributed by atoms with Crippen molar-refractivity contribution in [2.45, 2.75) is 32.6 Å². The van der Waals surface area contributed by atoms with Crippen molar-refractivity contribution in [2.24, 2.45) is 5.41 Å². The number of ether oxygens (including phenoxy) is 1. The highest BCUT2D eigenvalue weighted by molar-refractivity contribution is 6.42. The Morgan fingerprint density at radius 2 is 2.20 bits per heavy atom. The molecule has 1 atom stereocenters. The fourth-order valence-electron chi connectivity index (χ4n) is 2.87. The van der Waals surface area contributed by atoms with Gasteiger partial charge in [0.2, 0.25) is 0 Å². The number of rotatable bonds is 6. The van der Waals surface area contributed by atoms with Gasteiger partial charge < -0.3 is 10.1 Å². The third-order valence-electron chi connectivity index (χ3n) is 3.93. The Morgan fingerprint density at radius 1 is 1.35 bits per heavy atom. The standard InChI is InChI=1S/C16H23Cl2NO/c1-2-8-19-11-16(7-4-9-20-12-16)10-13-5-3-6-14(17)15(13)18/h3,5-6,19H,2,4,7-12H2,1H3. The van der Waals surface area contributed by atoms with E-state index < -0.39 is 0 Å². The molecule has 20 heavy (non-hydrogen) atoms. The van der Waals surface area contributed by atoms with Gasteiger partial charge in [0, 0.05) is 18.6 Å². The van der Waals surface area contributed by atoms with Gasteiger partial charge in [0.15, 0.2) is 0 Å². The summed E-state index contributed by atoms with van der Waals surface area (Å²) < 4.78 is 5.74. The van der Waals surface area contributed by atoms with E-state index in [4.69, 9.17) is 27.9 Å². The van der Waals surface area contributed by atoms with E-state index in [0.717, 1.165) is 51.1 Å². The molecule has 1 heterocycles. The Kier molecular flexibility index (Phi) is 6.16. The molecule has 4 heteroatoms. The van der Waals surface area contributed by atoms with Crippen molar-refractivity contribution in [3.8, 4) is 0 Å². The molecule has 0 aromatic heterocycles. The van der Waals surface area contributed by atoms with Gasteiger partial charge in [-0.15, -0.1) is 0 Å². The second-order valence-corrected chi connectivity index (χ2v) is 6.51. The lowest BCUT2D eigenvalue weighted by Gasteiger charge is -2.38. The molecule has 0 aliphatic carbocycles. The first-order valence-corrected chi connectivity index (χ1v) is 8.14. The highest BCUT2D eigenvalue weighted by atomic mass is 35.5. The molecule has 1 aliphatic heterocycles. The zero-order chi connectivity index (χ0) is 14.4. The predicted molar refractivity (Wildman–Crippen MR) is 85.8 cm³/mol. The predicted octanol–water partition coefficient (Wildman–Crippen LogP) is 4.33. The molecule has 1 fully saturated rings. The van der Waals surface area contributed by atoms with Gasteiger partial charge in [-0.25, -0.2) is 0 Å². The minimum Gasteiger partial charge on any atom is -0.381 e. The molecule has 1 saturated heterocycles. The Bertz CT molecular complexity index is 430. The summed E-state index contributed by atoms with van der Waals surface area (Å²) in [6.07, 6.45) is 4.36. The van der Waals surface area contributed by atoms with Crippen LogP contribution in [0, 0.1) is 5.41 Å². The zero-order valence-electron chi connectivity index (χ0n) is 12.1. The molecule has 112 valence electrons. The monoisotopic (exact) mass is 315 g/mol. The number of nitrogens with one attached hydrogen (secondary N) is 1. The van der Waals surface area contributed by atoms with Crippen molar-refractivity contribution in [2.75, 3.05) is 26.3 Å². The third kappa shape index (κ3) is 4.11. The summed E-state index contributed by atoms with van der Waals surface area (Å²) in [5.41, 5.74) is 1.27. The van der Waals surface area contributed by atoms with E-state index in [9.17, 15) is 0 Å². The first-order chi connectivity index (χ1) is 9.67. The summed E-state index contributed by atoms with van der Waals surface area (Å²) >= 11 is 12.5. The average Bonchev–Trinajstić information content (AvgIpc) is 2.45. The van der Waals surface area contributed by atoms with Gasteiger partial charge in [0.1, 0.15) is 0 Å². The van der Waals surface area contributed by atoms with Crippen LogP contribution >= 0.6 is 23.2 Å². The van der Waals surface area contributed by atoms with E-state index in [2.05, 4.69) is 18.3 Å². The minimum absolute atomic E-state index is 0.141. The third-order valence-corrected chi connectivity index (χ3v) is 4.79. The Labute approximate surface area is 131 Å². The lowest BCUT2D eigenvalue weighted by molar-refractivity contribution is -0.00705. The molecule has 0 spiro atoms. The summed E-state index contributed by atoms with van der Waals surface area (Å²) in [6, 6.07) is 5.89. The van der Waals surface area contributed by atoms with Gasteiger partial charge >= 0.3 is 0 Å². The van der Waals surface area contributed by atoms with Gasteiger partial charge in [-0.2, -0.15) is 0 Å². The average molecular weight is 316 g/mol. The largest absolute Gasteiger partial charge is 0.381 e. The molecule has 2 nitrogen and oxygen atoms in total. The van der Waals surface area contributed by atoms with Crippen LogP contribution < -0.4 is 5.32 Å². The van der Waals surface area contributed by atoms with Crippen LogP contribution in [0.4, 0.5) is 0 Å². The van der Waals surface area contributed by atoms with Crippen LogP contribution in [-0.4, -0.2) is 26.3 Å². The molecule has 1 unspecified atom stereocenters. The molecule has 0 bridgehead atoms. The van der Waals surface area contributed by atoms with E-state index >= 15 is 0 Å². The molecule has 2 rings (SSSR count).